The van der Waals surface area contributed by atoms with Crippen LogP contribution in [0.25, 0.3) is 0 Å². The molecule has 0 aromatic heterocycles. The predicted octanol–water partition coefficient (Wildman–Crippen LogP) is 3.85. The molecule has 0 heterocycles. The van der Waals surface area contributed by atoms with Crippen LogP contribution in [0.1, 0.15) is 19.8 Å². The van der Waals surface area contributed by atoms with Crippen LogP contribution >= 0.6 is 0 Å². The molecular weight excluding hydrogens is 271 g/mol. The van der Waals surface area contributed by atoms with Gasteiger partial charge in [0.15, 0.2) is 0 Å². The fraction of sp³-hybridized carbons (Fsp3) is 0.500. The molecule has 6 heteroatoms. The van der Waals surface area contributed by atoms with E-state index in [-0.39, 0.29) is 11.7 Å². The number of rotatable bonds is 4. The molecule has 1 unspecified atom stereocenters. The Balaban J connectivity index is 2.06. The summed E-state index contributed by atoms with van der Waals surface area (Å²) in [5.74, 6) is 0.383. The number of nitrogens with zero attached hydrogens (tertiary/aromatic N) is 1. The molecule has 1 aliphatic rings. The molecule has 1 aromatic rings. The molecule has 0 saturated heterocycles. The van der Waals surface area contributed by atoms with Gasteiger partial charge in [0.1, 0.15) is 12.3 Å². The second kappa shape index (κ2) is 5.73. The molecular formula is C14H16F3NO2. The lowest BCUT2D eigenvalue weighted by Crippen LogP contribution is -2.46. The second-order valence-electron chi connectivity index (χ2n) is 5.00. The molecule has 20 heavy (non-hydrogen) atoms. The lowest BCUT2D eigenvalue weighted by atomic mass is 10.2. The average molecular weight is 287 g/mol. The zero-order valence-corrected chi connectivity index (χ0v) is 11.1. The molecule has 0 N–H and O–H groups in total. The third-order valence-electron chi connectivity index (χ3n) is 3.33. The summed E-state index contributed by atoms with van der Waals surface area (Å²) in [6.45, 7) is 0.353. The Kier molecular flexibility index (Phi) is 4.20. The number of halogens is 3. The van der Waals surface area contributed by atoms with Gasteiger partial charge in [-0.1, -0.05) is 18.2 Å². The van der Waals surface area contributed by atoms with Crippen molar-refractivity contribution >= 4 is 6.09 Å². The van der Waals surface area contributed by atoms with E-state index in [1.54, 1.807) is 25.1 Å². The van der Waals surface area contributed by atoms with E-state index in [1.165, 1.54) is 12.1 Å². The molecule has 0 aliphatic heterocycles. The molecule has 2 rings (SSSR count). The standard InChI is InChI=1S/C14H16F3NO2/c1-10(11-7-8-11)18(9-14(15,16)17)13(19)20-12-5-3-2-4-6-12/h2-6,10-11H,7-9H2,1H3. The Labute approximate surface area is 115 Å². The van der Waals surface area contributed by atoms with Crippen molar-refractivity contribution in [3.8, 4) is 5.75 Å². The molecule has 0 bridgehead atoms. The Morgan fingerprint density at radius 3 is 2.45 bits per heavy atom. The van der Waals surface area contributed by atoms with Crippen LogP contribution in [0.3, 0.4) is 0 Å². The van der Waals surface area contributed by atoms with Gasteiger partial charge in [0.2, 0.25) is 0 Å². The number of benzene rings is 1. The molecule has 1 aromatic carbocycles. The van der Waals surface area contributed by atoms with Gasteiger partial charge in [-0.3, -0.25) is 4.90 Å². The first-order valence-corrected chi connectivity index (χ1v) is 6.47. The van der Waals surface area contributed by atoms with Crippen LogP contribution in [0.2, 0.25) is 0 Å². The first-order valence-electron chi connectivity index (χ1n) is 6.47. The van der Waals surface area contributed by atoms with Crippen LogP contribution in [0.5, 0.6) is 5.75 Å². The minimum absolute atomic E-state index is 0.140. The van der Waals surface area contributed by atoms with Crippen molar-refractivity contribution in [1.82, 2.24) is 4.90 Å². The third-order valence-corrected chi connectivity index (χ3v) is 3.33. The highest BCUT2D eigenvalue weighted by Crippen LogP contribution is 2.36. The number of amides is 1. The quantitative estimate of drug-likeness (QED) is 0.842. The van der Waals surface area contributed by atoms with E-state index in [2.05, 4.69) is 0 Å². The Morgan fingerprint density at radius 1 is 1.35 bits per heavy atom. The second-order valence-corrected chi connectivity index (χ2v) is 5.00. The summed E-state index contributed by atoms with van der Waals surface area (Å²) < 4.78 is 42.8. The van der Waals surface area contributed by atoms with Crippen molar-refractivity contribution < 1.29 is 22.7 Å². The molecule has 1 atom stereocenters. The zero-order valence-electron chi connectivity index (χ0n) is 11.1. The third kappa shape index (κ3) is 4.15. The van der Waals surface area contributed by atoms with Gasteiger partial charge < -0.3 is 4.74 Å². The number of ether oxygens (including phenoxy) is 1. The number of para-hydroxylation sites is 1. The number of alkyl halides is 3. The lowest BCUT2D eigenvalue weighted by molar-refractivity contribution is -0.145. The van der Waals surface area contributed by atoms with Crippen molar-refractivity contribution in [2.45, 2.75) is 32.0 Å². The fourth-order valence-electron chi connectivity index (χ4n) is 2.05. The predicted molar refractivity (Wildman–Crippen MR) is 67.4 cm³/mol. The van der Waals surface area contributed by atoms with Crippen LogP contribution in [0, 0.1) is 5.92 Å². The maximum absolute atomic E-state index is 12.6. The first kappa shape index (κ1) is 14.7. The van der Waals surface area contributed by atoms with Gasteiger partial charge in [-0.25, -0.2) is 4.79 Å². The first-order chi connectivity index (χ1) is 9.37. The molecule has 1 fully saturated rings. The molecule has 0 radical (unpaired) electrons. The topological polar surface area (TPSA) is 29.5 Å². The van der Waals surface area contributed by atoms with Crippen LogP contribution in [-0.2, 0) is 0 Å². The molecule has 1 amide bonds. The van der Waals surface area contributed by atoms with Gasteiger partial charge >= 0.3 is 12.3 Å². The smallest absolute Gasteiger partial charge is 0.410 e. The van der Waals surface area contributed by atoms with Crippen molar-refractivity contribution in [1.29, 1.82) is 0 Å². The molecule has 3 nitrogen and oxygen atoms in total. The van der Waals surface area contributed by atoms with Crippen molar-refractivity contribution in [2.24, 2.45) is 5.92 Å². The van der Waals surface area contributed by atoms with E-state index in [9.17, 15) is 18.0 Å². The highest BCUT2D eigenvalue weighted by Gasteiger charge is 2.41. The number of hydrogen-bond donors (Lipinski definition) is 0. The highest BCUT2D eigenvalue weighted by molar-refractivity contribution is 5.71. The van der Waals surface area contributed by atoms with Crippen LogP contribution in [-0.4, -0.2) is 29.8 Å². The van der Waals surface area contributed by atoms with Gasteiger partial charge in [0.25, 0.3) is 0 Å². The molecule has 1 saturated carbocycles. The van der Waals surface area contributed by atoms with E-state index in [0.29, 0.717) is 0 Å². The van der Waals surface area contributed by atoms with Crippen LogP contribution in [0.4, 0.5) is 18.0 Å². The van der Waals surface area contributed by atoms with Gasteiger partial charge in [-0.05, 0) is 37.8 Å². The number of hydrogen-bond acceptors (Lipinski definition) is 2. The fourth-order valence-corrected chi connectivity index (χ4v) is 2.05. The SMILES string of the molecule is CC(C1CC1)N(CC(F)(F)F)C(=O)Oc1ccccc1. The summed E-state index contributed by atoms with van der Waals surface area (Å²) in [7, 11) is 0. The normalized spacial score (nSPS) is 16.6. The van der Waals surface area contributed by atoms with E-state index in [4.69, 9.17) is 4.74 Å². The summed E-state index contributed by atoms with van der Waals surface area (Å²) in [6, 6.07) is 7.64. The van der Waals surface area contributed by atoms with E-state index < -0.39 is 24.9 Å². The number of carbonyl (C=O) groups is 1. The zero-order chi connectivity index (χ0) is 14.8. The Bertz CT molecular complexity index is 457. The van der Waals surface area contributed by atoms with Gasteiger partial charge in [0.05, 0.1) is 0 Å². The molecule has 110 valence electrons. The van der Waals surface area contributed by atoms with Crippen LogP contribution < -0.4 is 4.74 Å². The molecule has 0 spiro atoms. The highest BCUT2D eigenvalue weighted by atomic mass is 19.4. The van der Waals surface area contributed by atoms with Gasteiger partial charge in [-0.2, -0.15) is 13.2 Å². The lowest BCUT2D eigenvalue weighted by Gasteiger charge is -2.29. The number of carbonyl (C=O) groups excluding carboxylic acids is 1. The Hall–Kier alpha value is -1.72. The van der Waals surface area contributed by atoms with E-state index in [0.717, 1.165) is 17.7 Å². The van der Waals surface area contributed by atoms with E-state index >= 15 is 0 Å². The summed E-state index contributed by atoms with van der Waals surface area (Å²) >= 11 is 0. The maximum Gasteiger partial charge on any atom is 0.415 e. The Morgan fingerprint density at radius 2 is 1.95 bits per heavy atom. The van der Waals surface area contributed by atoms with Gasteiger partial charge in [-0.15, -0.1) is 0 Å². The summed E-state index contributed by atoms with van der Waals surface area (Å²) in [5, 5.41) is 0. The van der Waals surface area contributed by atoms with Crippen LogP contribution in [0.15, 0.2) is 30.3 Å². The summed E-state index contributed by atoms with van der Waals surface area (Å²) in [4.78, 5) is 12.7. The van der Waals surface area contributed by atoms with Crippen molar-refractivity contribution in [3.63, 3.8) is 0 Å². The molecule has 1 aliphatic carbocycles. The van der Waals surface area contributed by atoms with Crippen molar-refractivity contribution in [3.05, 3.63) is 30.3 Å². The maximum atomic E-state index is 12.6. The minimum atomic E-state index is -4.43. The minimum Gasteiger partial charge on any atom is -0.410 e. The average Bonchev–Trinajstić information content (AvgIpc) is 3.19. The van der Waals surface area contributed by atoms with Gasteiger partial charge in [0, 0.05) is 6.04 Å². The van der Waals surface area contributed by atoms with Crippen molar-refractivity contribution in [2.75, 3.05) is 6.54 Å². The monoisotopic (exact) mass is 287 g/mol. The summed E-state index contributed by atoms with van der Waals surface area (Å²) in [5.41, 5.74) is 0. The summed E-state index contributed by atoms with van der Waals surface area (Å²) in [6.07, 6.45) is -3.67. The van der Waals surface area contributed by atoms with E-state index in [1.807, 2.05) is 0 Å². The largest absolute Gasteiger partial charge is 0.415 e.